The van der Waals surface area contributed by atoms with Crippen molar-refractivity contribution < 1.29 is 14.5 Å². The van der Waals surface area contributed by atoms with Gasteiger partial charge in [0, 0.05) is 28.3 Å². The molecule has 7 nitrogen and oxygen atoms in total. The quantitative estimate of drug-likeness (QED) is 0.535. The number of anilines is 1. The largest absolute Gasteiger partial charge is 0.343 e. The first-order chi connectivity index (χ1) is 13.0. The fourth-order valence-electron chi connectivity index (χ4n) is 2.74. The SMILES string of the molecule is Cc1ccc(C(=O)NCC(=O)Nc2cccc3ccccc23)cc1[N+](=O)[O-]. The van der Waals surface area contributed by atoms with Gasteiger partial charge in [0.2, 0.25) is 5.91 Å². The van der Waals surface area contributed by atoms with Crippen molar-refractivity contribution in [3.63, 3.8) is 0 Å². The van der Waals surface area contributed by atoms with E-state index in [1.165, 1.54) is 18.2 Å². The number of amides is 2. The van der Waals surface area contributed by atoms with E-state index in [1.807, 2.05) is 36.4 Å². The van der Waals surface area contributed by atoms with Crippen molar-refractivity contribution >= 4 is 34.0 Å². The average molecular weight is 363 g/mol. The third kappa shape index (κ3) is 4.09. The number of rotatable bonds is 5. The highest BCUT2D eigenvalue weighted by molar-refractivity contribution is 6.04. The lowest BCUT2D eigenvalue weighted by atomic mass is 10.1. The standard InChI is InChI=1S/C20H17N3O4/c1-13-9-10-15(11-18(13)23(26)27)20(25)21-12-19(24)22-17-8-4-6-14-5-2-3-7-16(14)17/h2-11H,12H2,1H3,(H,21,25)(H,22,24). The van der Waals surface area contributed by atoms with Gasteiger partial charge in [0.05, 0.1) is 11.5 Å². The molecule has 0 unspecified atom stereocenters. The van der Waals surface area contributed by atoms with Gasteiger partial charge in [-0.05, 0) is 24.4 Å². The van der Waals surface area contributed by atoms with Crippen LogP contribution in [0.3, 0.4) is 0 Å². The Morgan fingerprint density at radius 2 is 1.78 bits per heavy atom. The average Bonchev–Trinajstić information content (AvgIpc) is 2.66. The number of nitro groups is 1. The second kappa shape index (κ2) is 7.65. The van der Waals surface area contributed by atoms with E-state index in [1.54, 1.807) is 13.0 Å². The summed E-state index contributed by atoms with van der Waals surface area (Å²) < 4.78 is 0. The van der Waals surface area contributed by atoms with Crippen molar-refractivity contribution in [3.8, 4) is 0 Å². The second-order valence-electron chi connectivity index (χ2n) is 6.02. The predicted molar refractivity (Wildman–Crippen MR) is 103 cm³/mol. The van der Waals surface area contributed by atoms with Gasteiger partial charge in [-0.15, -0.1) is 0 Å². The number of hydrogen-bond donors (Lipinski definition) is 2. The van der Waals surface area contributed by atoms with Crippen molar-refractivity contribution in [2.75, 3.05) is 11.9 Å². The number of carbonyl (C=O) groups is 2. The number of nitrogens with zero attached hydrogens (tertiary/aromatic N) is 1. The molecule has 0 aliphatic rings. The molecule has 0 atom stereocenters. The zero-order valence-electron chi connectivity index (χ0n) is 14.6. The summed E-state index contributed by atoms with van der Waals surface area (Å²) >= 11 is 0. The van der Waals surface area contributed by atoms with Crippen LogP contribution in [0.25, 0.3) is 10.8 Å². The number of hydrogen-bond acceptors (Lipinski definition) is 4. The van der Waals surface area contributed by atoms with E-state index in [0.717, 1.165) is 10.8 Å². The van der Waals surface area contributed by atoms with Gasteiger partial charge in [-0.1, -0.05) is 42.5 Å². The van der Waals surface area contributed by atoms with Crippen LogP contribution in [0, 0.1) is 17.0 Å². The van der Waals surface area contributed by atoms with Crippen LogP contribution in [0.1, 0.15) is 15.9 Å². The highest BCUT2D eigenvalue weighted by atomic mass is 16.6. The summed E-state index contributed by atoms with van der Waals surface area (Å²) in [7, 11) is 0. The first-order valence-corrected chi connectivity index (χ1v) is 8.26. The van der Waals surface area contributed by atoms with Gasteiger partial charge in [-0.3, -0.25) is 19.7 Å². The maximum absolute atomic E-state index is 12.2. The Balaban J connectivity index is 1.66. The Hall–Kier alpha value is -3.74. The molecule has 0 heterocycles. The monoisotopic (exact) mass is 363 g/mol. The fourth-order valence-corrected chi connectivity index (χ4v) is 2.74. The summed E-state index contributed by atoms with van der Waals surface area (Å²) in [6.07, 6.45) is 0. The van der Waals surface area contributed by atoms with Crippen molar-refractivity contribution in [2.45, 2.75) is 6.92 Å². The summed E-state index contributed by atoms with van der Waals surface area (Å²) in [4.78, 5) is 34.8. The Kier molecular flexibility index (Phi) is 5.12. The third-order valence-electron chi connectivity index (χ3n) is 4.14. The number of carbonyl (C=O) groups excluding carboxylic acids is 2. The molecule has 0 bridgehead atoms. The summed E-state index contributed by atoms with van der Waals surface area (Å²) in [5.41, 5.74) is 1.11. The lowest BCUT2D eigenvalue weighted by Gasteiger charge is -2.10. The molecule has 0 aliphatic carbocycles. The Labute approximate surface area is 155 Å². The minimum atomic E-state index is -0.550. The zero-order chi connectivity index (χ0) is 19.4. The summed E-state index contributed by atoms with van der Waals surface area (Å²) in [5.74, 6) is -0.938. The maximum Gasteiger partial charge on any atom is 0.273 e. The lowest BCUT2D eigenvalue weighted by molar-refractivity contribution is -0.385. The predicted octanol–water partition coefficient (Wildman–Crippen LogP) is 3.42. The minimum absolute atomic E-state index is 0.130. The number of nitrogens with one attached hydrogen (secondary N) is 2. The van der Waals surface area contributed by atoms with E-state index in [4.69, 9.17) is 0 Å². The fraction of sp³-hybridized carbons (Fsp3) is 0.100. The second-order valence-corrected chi connectivity index (χ2v) is 6.02. The third-order valence-corrected chi connectivity index (χ3v) is 4.14. The molecule has 0 saturated heterocycles. The van der Waals surface area contributed by atoms with Gasteiger partial charge >= 0.3 is 0 Å². The van der Waals surface area contributed by atoms with Crippen molar-refractivity contribution in [3.05, 3.63) is 81.9 Å². The van der Waals surface area contributed by atoms with Gasteiger partial charge in [-0.2, -0.15) is 0 Å². The van der Waals surface area contributed by atoms with Gasteiger partial charge in [-0.25, -0.2) is 0 Å². The number of fused-ring (bicyclic) bond motifs is 1. The molecular formula is C20H17N3O4. The Morgan fingerprint density at radius 3 is 2.56 bits per heavy atom. The molecule has 2 amide bonds. The molecule has 0 saturated carbocycles. The highest BCUT2D eigenvalue weighted by Gasteiger charge is 2.15. The van der Waals surface area contributed by atoms with Crippen LogP contribution in [0.2, 0.25) is 0 Å². The number of nitro benzene ring substituents is 1. The van der Waals surface area contributed by atoms with E-state index >= 15 is 0 Å². The molecule has 0 aromatic heterocycles. The molecule has 27 heavy (non-hydrogen) atoms. The topological polar surface area (TPSA) is 101 Å². The molecule has 3 aromatic carbocycles. The van der Waals surface area contributed by atoms with E-state index < -0.39 is 10.8 Å². The van der Waals surface area contributed by atoms with Crippen molar-refractivity contribution in [1.82, 2.24) is 5.32 Å². The van der Waals surface area contributed by atoms with Gasteiger partial charge in [0.25, 0.3) is 11.6 Å². The first-order valence-electron chi connectivity index (χ1n) is 8.26. The van der Waals surface area contributed by atoms with Crippen molar-refractivity contribution in [2.24, 2.45) is 0 Å². The molecule has 0 aliphatic heterocycles. The highest BCUT2D eigenvalue weighted by Crippen LogP contribution is 2.23. The van der Waals surface area contributed by atoms with Crippen molar-refractivity contribution in [1.29, 1.82) is 0 Å². The molecule has 0 radical (unpaired) electrons. The molecule has 0 fully saturated rings. The minimum Gasteiger partial charge on any atom is -0.343 e. The summed E-state index contributed by atoms with van der Waals surface area (Å²) in [6.45, 7) is 1.35. The number of aryl methyl sites for hydroxylation is 1. The molecule has 7 heteroatoms. The van der Waals surface area contributed by atoms with E-state index in [-0.39, 0.29) is 23.7 Å². The van der Waals surface area contributed by atoms with Crippen LogP contribution in [0.4, 0.5) is 11.4 Å². The van der Waals surface area contributed by atoms with E-state index in [2.05, 4.69) is 10.6 Å². The first kappa shape index (κ1) is 18.1. The van der Waals surface area contributed by atoms with Crippen LogP contribution < -0.4 is 10.6 Å². The Morgan fingerprint density at radius 1 is 1.04 bits per heavy atom. The van der Waals surface area contributed by atoms with Crippen LogP contribution in [-0.2, 0) is 4.79 Å². The van der Waals surface area contributed by atoms with Gasteiger partial charge in [0.1, 0.15) is 0 Å². The lowest BCUT2D eigenvalue weighted by Crippen LogP contribution is -2.32. The maximum atomic E-state index is 12.2. The summed E-state index contributed by atoms with van der Waals surface area (Å²) in [6, 6.07) is 17.4. The smallest absolute Gasteiger partial charge is 0.273 e. The molecule has 3 aromatic rings. The van der Waals surface area contributed by atoms with E-state index in [9.17, 15) is 19.7 Å². The normalized spacial score (nSPS) is 10.4. The van der Waals surface area contributed by atoms with E-state index in [0.29, 0.717) is 11.3 Å². The van der Waals surface area contributed by atoms with Crippen LogP contribution in [0.15, 0.2) is 60.7 Å². The molecule has 0 spiro atoms. The zero-order valence-corrected chi connectivity index (χ0v) is 14.6. The summed E-state index contributed by atoms with van der Waals surface area (Å²) in [5, 5.41) is 18.1. The molecule has 136 valence electrons. The van der Waals surface area contributed by atoms with Crippen LogP contribution in [0.5, 0.6) is 0 Å². The van der Waals surface area contributed by atoms with Gasteiger partial charge in [0.15, 0.2) is 0 Å². The number of benzene rings is 3. The van der Waals surface area contributed by atoms with Crippen LogP contribution in [-0.4, -0.2) is 23.3 Å². The van der Waals surface area contributed by atoms with Crippen LogP contribution >= 0.6 is 0 Å². The Bertz CT molecular complexity index is 1040. The molecule has 3 rings (SSSR count). The van der Waals surface area contributed by atoms with Gasteiger partial charge < -0.3 is 10.6 Å². The molecule has 2 N–H and O–H groups in total. The molecular weight excluding hydrogens is 346 g/mol.